The highest BCUT2D eigenvalue weighted by Crippen LogP contribution is 2.09. The second kappa shape index (κ2) is 6.81. The molecule has 0 heterocycles. The van der Waals surface area contributed by atoms with Gasteiger partial charge in [-0.05, 0) is 11.3 Å². The zero-order chi connectivity index (χ0) is 10.9. The summed E-state index contributed by atoms with van der Waals surface area (Å²) in [7, 11) is 0. The van der Waals surface area contributed by atoms with Crippen LogP contribution in [0, 0.1) is 5.21 Å². The van der Waals surface area contributed by atoms with Gasteiger partial charge in [-0.1, -0.05) is 38.0 Å². The molecule has 0 atom stereocenters. The topological polar surface area (TPSA) is 47.7 Å². The predicted octanol–water partition coefficient (Wildman–Crippen LogP) is 3.40. The van der Waals surface area contributed by atoms with Crippen molar-refractivity contribution < 1.29 is 9.70 Å². The second-order valence-electron chi connectivity index (χ2n) is 3.23. The third kappa shape index (κ3) is 4.44. The van der Waals surface area contributed by atoms with Crippen molar-refractivity contribution >= 4 is 5.69 Å². The lowest BCUT2D eigenvalue weighted by atomic mass is 10.3. The van der Waals surface area contributed by atoms with Crippen molar-refractivity contribution in [2.24, 2.45) is 5.28 Å². The van der Waals surface area contributed by atoms with Crippen LogP contribution in [0.2, 0.25) is 0 Å². The van der Waals surface area contributed by atoms with E-state index in [1.54, 1.807) is 24.3 Å². The fourth-order valence-corrected chi connectivity index (χ4v) is 1.11. The SMILES string of the molecule is CCCCCO/N=[N+](\[O-])c1ccccc1. The molecule has 0 saturated carbocycles. The molecule has 0 aliphatic heterocycles. The Labute approximate surface area is 89.7 Å². The van der Waals surface area contributed by atoms with Crippen LogP contribution in [0.25, 0.3) is 0 Å². The Bertz CT molecular complexity index is 299. The maximum Gasteiger partial charge on any atom is 0.248 e. The Kier molecular flexibility index (Phi) is 5.22. The van der Waals surface area contributed by atoms with E-state index < -0.39 is 0 Å². The first-order chi connectivity index (χ1) is 7.34. The zero-order valence-corrected chi connectivity index (χ0v) is 8.93. The lowest BCUT2D eigenvalue weighted by molar-refractivity contribution is -0.478. The van der Waals surface area contributed by atoms with E-state index in [1.165, 1.54) is 0 Å². The van der Waals surface area contributed by atoms with Crippen LogP contribution in [0.5, 0.6) is 0 Å². The molecule has 0 bridgehead atoms. The molecule has 0 fully saturated rings. The second-order valence-corrected chi connectivity index (χ2v) is 3.23. The highest BCUT2D eigenvalue weighted by Gasteiger charge is 2.00. The van der Waals surface area contributed by atoms with Crippen molar-refractivity contribution in [3.8, 4) is 0 Å². The molecule has 0 aromatic heterocycles. The van der Waals surface area contributed by atoms with Crippen molar-refractivity contribution in [1.29, 1.82) is 0 Å². The molecule has 1 aromatic rings. The summed E-state index contributed by atoms with van der Waals surface area (Å²) in [6, 6.07) is 8.79. The number of benzene rings is 1. The minimum atomic E-state index is 0.480. The van der Waals surface area contributed by atoms with Crippen molar-refractivity contribution in [2.75, 3.05) is 6.61 Å². The minimum absolute atomic E-state index is 0.480. The average molecular weight is 208 g/mol. The van der Waals surface area contributed by atoms with E-state index >= 15 is 0 Å². The summed E-state index contributed by atoms with van der Waals surface area (Å²) in [5.74, 6) is 0. The van der Waals surface area contributed by atoms with Crippen LogP contribution < -0.4 is 0 Å². The predicted molar refractivity (Wildman–Crippen MR) is 57.6 cm³/mol. The molecule has 4 nitrogen and oxygen atoms in total. The third-order valence-electron chi connectivity index (χ3n) is 1.95. The molecule has 1 aromatic carbocycles. The molecule has 0 N–H and O–H groups in total. The van der Waals surface area contributed by atoms with Crippen molar-refractivity contribution in [2.45, 2.75) is 26.2 Å². The molecule has 15 heavy (non-hydrogen) atoms. The van der Waals surface area contributed by atoms with E-state index in [0.29, 0.717) is 17.2 Å². The summed E-state index contributed by atoms with van der Waals surface area (Å²) >= 11 is 0. The number of rotatable bonds is 6. The van der Waals surface area contributed by atoms with Gasteiger partial charge in [0.15, 0.2) is 0 Å². The molecule has 0 aliphatic carbocycles. The Morgan fingerprint density at radius 3 is 2.67 bits per heavy atom. The van der Waals surface area contributed by atoms with Gasteiger partial charge in [0.1, 0.15) is 6.61 Å². The van der Waals surface area contributed by atoms with E-state index in [4.69, 9.17) is 4.84 Å². The number of hydrogen-bond acceptors (Lipinski definition) is 3. The summed E-state index contributed by atoms with van der Waals surface area (Å²) < 4.78 is 0. The smallest absolute Gasteiger partial charge is 0.248 e. The van der Waals surface area contributed by atoms with Crippen molar-refractivity contribution in [1.82, 2.24) is 0 Å². The van der Waals surface area contributed by atoms with Gasteiger partial charge in [-0.2, -0.15) is 0 Å². The number of nitrogens with zero attached hydrogens (tertiary/aromatic N) is 2. The Morgan fingerprint density at radius 2 is 2.00 bits per heavy atom. The minimum Gasteiger partial charge on any atom is -0.592 e. The molecule has 0 saturated heterocycles. The van der Waals surface area contributed by atoms with Gasteiger partial charge in [-0.25, -0.2) is 0 Å². The first kappa shape index (κ1) is 11.5. The molecule has 0 unspecified atom stereocenters. The Hall–Kier alpha value is -1.58. The molecule has 0 spiro atoms. The van der Waals surface area contributed by atoms with E-state index in [2.05, 4.69) is 12.2 Å². The molecule has 0 amide bonds. The van der Waals surface area contributed by atoms with E-state index in [0.717, 1.165) is 19.3 Å². The van der Waals surface area contributed by atoms with Gasteiger partial charge in [0.2, 0.25) is 11.0 Å². The molecule has 4 heteroatoms. The lowest BCUT2D eigenvalue weighted by Crippen LogP contribution is -1.95. The first-order valence-electron chi connectivity index (χ1n) is 5.20. The van der Waals surface area contributed by atoms with Gasteiger partial charge >= 0.3 is 0 Å². The summed E-state index contributed by atoms with van der Waals surface area (Å²) in [6.07, 6.45) is 3.16. The van der Waals surface area contributed by atoms with Crippen molar-refractivity contribution in [3.63, 3.8) is 0 Å². The van der Waals surface area contributed by atoms with Gasteiger partial charge in [0.05, 0.1) is 0 Å². The third-order valence-corrected chi connectivity index (χ3v) is 1.95. The van der Waals surface area contributed by atoms with Crippen molar-refractivity contribution in [3.05, 3.63) is 35.5 Å². The van der Waals surface area contributed by atoms with Crippen LogP contribution in [-0.2, 0) is 4.84 Å². The molecule has 82 valence electrons. The van der Waals surface area contributed by atoms with E-state index in [-0.39, 0.29) is 0 Å². The number of para-hydroxylation sites is 1. The molecule has 0 aliphatic rings. The van der Waals surface area contributed by atoms with Gasteiger partial charge in [0, 0.05) is 12.1 Å². The van der Waals surface area contributed by atoms with Crippen LogP contribution in [0.1, 0.15) is 26.2 Å². The standard InChI is InChI=1S/C11H16N2O2/c1-2-3-7-10-15-12-13(14)11-8-5-4-6-9-11/h4-6,8-9H,2-3,7,10H2,1H3/b13-12-. The van der Waals surface area contributed by atoms with Crippen LogP contribution in [-0.4, -0.2) is 11.5 Å². The molecular formula is C11H16N2O2. The molecular weight excluding hydrogens is 192 g/mol. The first-order valence-corrected chi connectivity index (χ1v) is 5.20. The number of unbranched alkanes of at least 4 members (excludes halogenated alkanes) is 2. The fraction of sp³-hybridized carbons (Fsp3) is 0.455. The van der Waals surface area contributed by atoms with Gasteiger partial charge in [0.25, 0.3) is 0 Å². The van der Waals surface area contributed by atoms with Gasteiger partial charge < -0.3 is 10.0 Å². The maximum absolute atomic E-state index is 11.3. The largest absolute Gasteiger partial charge is 0.592 e. The Balaban J connectivity index is 2.33. The van der Waals surface area contributed by atoms with Crippen LogP contribution >= 0.6 is 0 Å². The normalized spacial score (nSPS) is 11.4. The van der Waals surface area contributed by atoms with Crippen LogP contribution in [0.15, 0.2) is 35.6 Å². The molecule has 0 radical (unpaired) electrons. The van der Waals surface area contributed by atoms with Gasteiger partial charge in [-0.15, -0.1) is 0 Å². The molecule has 1 rings (SSSR count). The Morgan fingerprint density at radius 1 is 1.27 bits per heavy atom. The summed E-state index contributed by atoms with van der Waals surface area (Å²) in [5, 5.41) is 14.7. The summed E-state index contributed by atoms with van der Waals surface area (Å²) in [5.41, 5.74) is 0.480. The quantitative estimate of drug-likeness (QED) is 0.311. The monoisotopic (exact) mass is 208 g/mol. The average Bonchev–Trinajstić information content (AvgIpc) is 2.30. The summed E-state index contributed by atoms with van der Waals surface area (Å²) in [4.78, 5) is 5.38. The van der Waals surface area contributed by atoms with Crippen LogP contribution in [0.4, 0.5) is 5.69 Å². The zero-order valence-electron chi connectivity index (χ0n) is 8.93. The summed E-state index contributed by atoms with van der Waals surface area (Å²) in [6.45, 7) is 2.61. The number of hydrogen-bond donors (Lipinski definition) is 0. The maximum atomic E-state index is 11.3. The highest BCUT2D eigenvalue weighted by molar-refractivity contribution is 5.27. The van der Waals surface area contributed by atoms with Gasteiger partial charge in [-0.3, -0.25) is 0 Å². The lowest BCUT2D eigenvalue weighted by Gasteiger charge is -1.99. The fourth-order valence-electron chi connectivity index (χ4n) is 1.11. The highest BCUT2D eigenvalue weighted by atomic mass is 16.7. The van der Waals surface area contributed by atoms with E-state index in [1.807, 2.05) is 6.07 Å². The van der Waals surface area contributed by atoms with Crippen LogP contribution in [0.3, 0.4) is 0 Å². The van der Waals surface area contributed by atoms with E-state index in [9.17, 15) is 5.21 Å².